The van der Waals surface area contributed by atoms with Gasteiger partial charge in [-0.25, -0.2) is 0 Å². The Balaban J connectivity index is 3.33. The maximum absolute atomic E-state index is 9.71. The van der Waals surface area contributed by atoms with Gasteiger partial charge >= 0.3 is 0 Å². The van der Waals surface area contributed by atoms with Gasteiger partial charge in [-0.05, 0) is 0 Å². The van der Waals surface area contributed by atoms with Crippen molar-refractivity contribution in [1.29, 1.82) is 0 Å². The highest BCUT2D eigenvalue weighted by atomic mass is 16.3. The standard InChI is InChI=1S/C5H10O4/c6-2-4(8)1-5(9)3-7/h2,4-5,7-9H,1,3H2/t4-,5-/m1/s1. The van der Waals surface area contributed by atoms with Crippen molar-refractivity contribution in [3.05, 3.63) is 0 Å². The van der Waals surface area contributed by atoms with Gasteiger partial charge in [-0.3, -0.25) is 0 Å². The molecule has 0 saturated heterocycles. The largest absolute Gasteiger partial charge is 0.394 e. The van der Waals surface area contributed by atoms with E-state index < -0.39 is 18.8 Å². The maximum Gasteiger partial charge on any atom is 0.148 e. The fourth-order valence-corrected chi connectivity index (χ4v) is 0.409. The minimum Gasteiger partial charge on any atom is -0.394 e. The first-order valence-corrected chi connectivity index (χ1v) is 2.63. The van der Waals surface area contributed by atoms with Gasteiger partial charge in [0.05, 0.1) is 12.7 Å². The van der Waals surface area contributed by atoms with Crippen LogP contribution in [0.4, 0.5) is 0 Å². The molecule has 0 aromatic rings. The summed E-state index contributed by atoms with van der Waals surface area (Å²) in [7, 11) is 0. The number of carbonyl (C=O) groups excluding carboxylic acids is 1. The normalized spacial score (nSPS) is 16.8. The van der Waals surface area contributed by atoms with Crippen LogP contribution in [0.1, 0.15) is 6.42 Å². The van der Waals surface area contributed by atoms with Gasteiger partial charge in [0, 0.05) is 6.42 Å². The molecule has 0 bridgehead atoms. The minimum absolute atomic E-state index is 0.0972. The third kappa shape index (κ3) is 4.08. The van der Waals surface area contributed by atoms with E-state index in [4.69, 9.17) is 15.3 Å². The Labute approximate surface area is 52.7 Å². The van der Waals surface area contributed by atoms with Gasteiger partial charge in [0.25, 0.3) is 0 Å². The molecule has 0 spiro atoms. The van der Waals surface area contributed by atoms with Crippen molar-refractivity contribution in [2.45, 2.75) is 18.6 Å². The molecule has 0 aromatic carbocycles. The summed E-state index contributed by atoms with van der Waals surface area (Å²) in [5.41, 5.74) is 0. The molecule has 0 fully saturated rings. The maximum atomic E-state index is 9.71. The van der Waals surface area contributed by atoms with Crippen LogP contribution in [-0.4, -0.2) is 40.4 Å². The lowest BCUT2D eigenvalue weighted by Crippen LogP contribution is -2.21. The SMILES string of the molecule is O=C[C@H](O)C[C@@H](O)CO. The highest BCUT2D eigenvalue weighted by Gasteiger charge is 2.08. The molecule has 54 valence electrons. The Hall–Kier alpha value is -0.450. The molecule has 9 heavy (non-hydrogen) atoms. The average Bonchev–Trinajstić information content (AvgIpc) is 1.87. The lowest BCUT2D eigenvalue weighted by Gasteiger charge is -2.06. The number of rotatable bonds is 4. The summed E-state index contributed by atoms with van der Waals surface area (Å²) in [6.45, 7) is -0.426. The molecule has 0 heterocycles. The third-order valence-electron chi connectivity index (χ3n) is 0.881. The van der Waals surface area contributed by atoms with Crippen LogP contribution in [0.15, 0.2) is 0 Å². The predicted octanol–water partition coefficient (Wildman–Crippen LogP) is -1.71. The summed E-state index contributed by atoms with van der Waals surface area (Å²) >= 11 is 0. The van der Waals surface area contributed by atoms with Gasteiger partial charge in [0.2, 0.25) is 0 Å². The van der Waals surface area contributed by atoms with E-state index in [9.17, 15) is 4.79 Å². The van der Waals surface area contributed by atoms with Gasteiger partial charge in [-0.2, -0.15) is 0 Å². The molecule has 3 N–H and O–H groups in total. The van der Waals surface area contributed by atoms with E-state index in [0.717, 1.165) is 0 Å². The molecule has 0 saturated carbocycles. The van der Waals surface area contributed by atoms with Crippen molar-refractivity contribution in [3.63, 3.8) is 0 Å². The topological polar surface area (TPSA) is 77.8 Å². The van der Waals surface area contributed by atoms with Crippen molar-refractivity contribution in [3.8, 4) is 0 Å². The minimum atomic E-state index is -1.16. The first-order valence-electron chi connectivity index (χ1n) is 2.63. The van der Waals surface area contributed by atoms with Crippen molar-refractivity contribution in [2.24, 2.45) is 0 Å². The monoisotopic (exact) mass is 134 g/mol. The van der Waals surface area contributed by atoms with Gasteiger partial charge < -0.3 is 20.1 Å². The van der Waals surface area contributed by atoms with Crippen LogP contribution < -0.4 is 0 Å². The van der Waals surface area contributed by atoms with Crippen LogP contribution in [0.25, 0.3) is 0 Å². The molecule has 0 amide bonds. The second-order valence-corrected chi connectivity index (χ2v) is 1.78. The van der Waals surface area contributed by atoms with Crippen molar-refractivity contribution >= 4 is 6.29 Å². The Kier molecular flexibility index (Phi) is 4.21. The van der Waals surface area contributed by atoms with Crippen molar-refractivity contribution in [2.75, 3.05) is 6.61 Å². The Bertz CT molecular complexity index is 83.0. The molecule has 4 heteroatoms. The molecular weight excluding hydrogens is 124 g/mol. The zero-order valence-corrected chi connectivity index (χ0v) is 4.90. The molecule has 0 aliphatic carbocycles. The van der Waals surface area contributed by atoms with Gasteiger partial charge in [0.1, 0.15) is 12.4 Å². The zero-order valence-electron chi connectivity index (χ0n) is 4.90. The van der Waals surface area contributed by atoms with Crippen molar-refractivity contribution in [1.82, 2.24) is 0 Å². The van der Waals surface area contributed by atoms with E-state index in [1.165, 1.54) is 0 Å². The lowest BCUT2D eigenvalue weighted by atomic mass is 10.2. The fourth-order valence-electron chi connectivity index (χ4n) is 0.409. The molecule has 0 rings (SSSR count). The number of carbonyl (C=O) groups is 1. The van der Waals surface area contributed by atoms with E-state index >= 15 is 0 Å². The third-order valence-corrected chi connectivity index (χ3v) is 0.881. The summed E-state index contributed by atoms with van der Waals surface area (Å²) < 4.78 is 0. The summed E-state index contributed by atoms with van der Waals surface area (Å²) in [6, 6.07) is 0. The summed E-state index contributed by atoms with van der Waals surface area (Å²) in [5, 5.41) is 25.3. The second-order valence-electron chi connectivity index (χ2n) is 1.78. The molecule has 0 radical (unpaired) electrons. The highest BCUT2D eigenvalue weighted by molar-refractivity contribution is 5.55. The van der Waals surface area contributed by atoms with Crippen LogP contribution in [0.3, 0.4) is 0 Å². The van der Waals surface area contributed by atoms with E-state index in [1.807, 2.05) is 0 Å². The number of aldehydes is 1. The molecule has 0 unspecified atom stereocenters. The predicted molar refractivity (Wildman–Crippen MR) is 29.8 cm³/mol. The van der Waals surface area contributed by atoms with Crippen LogP contribution in [0.2, 0.25) is 0 Å². The average molecular weight is 134 g/mol. The van der Waals surface area contributed by atoms with E-state index in [2.05, 4.69) is 0 Å². The smallest absolute Gasteiger partial charge is 0.148 e. The highest BCUT2D eigenvalue weighted by Crippen LogP contribution is 1.93. The number of aliphatic hydroxyl groups is 3. The lowest BCUT2D eigenvalue weighted by molar-refractivity contribution is -0.116. The number of hydrogen-bond donors (Lipinski definition) is 3. The Morgan fingerprint density at radius 2 is 2.00 bits per heavy atom. The summed E-state index contributed by atoms with van der Waals surface area (Å²) in [4.78, 5) is 9.71. The van der Waals surface area contributed by atoms with Gasteiger partial charge in [-0.1, -0.05) is 0 Å². The quantitative estimate of drug-likeness (QED) is 0.400. The Morgan fingerprint density at radius 1 is 1.44 bits per heavy atom. The van der Waals surface area contributed by atoms with Crippen LogP contribution in [-0.2, 0) is 4.79 Å². The first kappa shape index (κ1) is 8.55. The van der Waals surface area contributed by atoms with Crippen LogP contribution in [0, 0.1) is 0 Å². The zero-order chi connectivity index (χ0) is 7.28. The molecule has 0 aromatic heterocycles. The molecule has 4 nitrogen and oxygen atoms in total. The summed E-state index contributed by atoms with van der Waals surface area (Å²) in [5.74, 6) is 0. The fraction of sp³-hybridized carbons (Fsp3) is 0.800. The van der Waals surface area contributed by atoms with Crippen LogP contribution in [0.5, 0.6) is 0 Å². The number of aliphatic hydroxyl groups excluding tert-OH is 3. The van der Waals surface area contributed by atoms with E-state index in [1.54, 1.807) is 0 Å². The van der Waals surface area contributed by atoms with Gasteiger partial charge in [0.15, 0.2) is 0 Å². The van der Waals surface area contributed by atoms with Crippen molar-refractivity contribution < 1.29 is 20.1 Å². The molecule has 0 aliphatic rings. The Morgan fingerprint density at radius 3 is 2.33 bits per heavy atom. The van der Waals surface area contributed by atoms with E-state index in [-0.39, 0.29) is 6.42 Å². The second kappa shape index (κ2) is 4.43. The molecule has 0 aliphatic heterocycles. The number of hydrogen-bond acceptors (Lipinski definition) is 4. The molecular formula is C5H10O4. The van der Waals surface area contributed by atoms with Crippen LogP contribution >= 0.6 is 0 Å². The first-order chi connectivity index (χ1) is 4.20. The summed E-state index contributed by atoms with van der Waals surface area (Å²) in [6.07, 6.45) is -1.93. The van der Waals surface area contributed by atoms with E-state index in [0.29, 0.717) is 6.29 Å². The molecule has 2 atom stereocenters. The van der Waals surface area contributed by atoms with Gasteiger partial charge in [-0.15, -0.1) is 0 Å².